The monoisotopic (exact) mass is 382 g/mol. The Labute approximate surface area is 163 Å². The number of carboxylic acid groups (broad SMARTS) is 1. The molecule has 5 heteroatoms. The molecule has 0 aliphatic carbocycles. The predicted octanol–water partition coefficient (Wildman–Crippen LogP) is 7.88. The summed E-state index contributed by atoms with van der Waals surface area (Å²) in [5.74, 6) is -0.653. The summed E-state index contributed by atoms with van der Waals surface area (Å²) in [5.41, 5.74) is 0. The molecule has 0 aliphatic rings. The van der Waals surface area contributed by atoms with Crippen molar-refractivity contribution in [3.05, 3.63) is 13.2 Å². The number of rotatable bonds is 16. The second-order valence-corrected chi connectivity index (χ2v) is 6.09. The van der Waals surface area contributed by atoms with Gasteiger partial charge in [-0.15, -0.1) is 25.6 Å². The van der Waals surface area contributed by atoms with Crippen LogP contribution in [0.4, 0.5) is 0 Å². The standard InChI is InChI=1S/C18H36O2.C2H4.ClH.2H3N/c1-2-3-4-5-6-7-8-9-10-11-12-13-14-15-16-17-18(19)20;1-2;;;/h2-17H2,1H3,(H,19,20);1-2H2;1H;2*1H3. The predicted molar refractivity (Wildman–Crippen MR) is 116 cm³/mol. The normalized spacial score (nSPS) is 8.84. The summed E-state index contributed by atoms with van der Waals surface area (Å²) in [6, 6.07) is 0. The Bertz CT molecular complexity index is 230. The minimum absolute atomic E-state index is 0. The third-order valence-electron chi connectivity index (χ3n) is 3.99. The van der Waals surface area contributed by atoms with Gasteiger partial charge in [-0.05, 0) is 6.42 Å². The number of hydrogen-bond donors (Lipinski definition) is 3. The molecule has 0 aliphatic heterocycles. The van der Waals surface area contributed by atoms with Crippen molar-refractivity contribution in [1.29, 1.82) is 0 Å². The lowest BCUT2D eigenvalue weighted by molar-refractivity contribution is -0.137. The van der Waals surface area contributed by atoms with Crippen molar-refractivity contribution in [3.8, 4) is 0 Å². The van der Waals surface area contributed by atoms with Crippen LogP contribution in [-0.4, -0.2) is 11.1 Å². The van der Waals surface area contributed by atoms with Crippen LogP contribution in [0.2, 0.25) is 0 Å². The number of carboxylic acids is 1. The third kappa shape index (κ3) is 39.9. The Hall–Kier alpha value is -0.580. The molecular weight excluding hydrogens is 336 g/mol. The SMILES string of the molecule is C=C.CCCCCCCCCCCCCCCCCC(=O)O.Cl.N.N. The van der Waals surface area contributed by atoms with Gasteiger partial charge in [0.25, 0.3) is 0 Å². The summed E-state index contributed by atoms with van der Waals surface area (Å²) < 4.78 is 0. The summed E-state index contributed by atoms with van der Waals surface area (Å²) in [6.45, 7) is 8.27. The van der Waals surface area contributed by atoms with E-state index in [1.165, 1.54) is 83.5 Å². The lowest BCUT2D eigenvalue weighted by Crippen LogP contribution is -1.93. The van der Waals surface area contributed by atoms with Gasteiger partial charge in [0.1, 0.15) is 0 Å². The topological polar surface area (TPSA) is 107 Å². The number of unbranched alkanes of at least 4 members (excludes halogenated alkanes) is 14. The molecule has 0 aromatic carbocycles. The van der Waals surface area contributed by atoms with Crippen LogP contribution in [0.15, 0.2) is 13.2 Å². The molecular formula is C20H47ClN2O2. The highest BCUT2D eigenvalue weighted by molar-refractivity contribution is 5.85. The van der Waals surface area contributed by atoms with E-state index in [-0.39, 0.29) is 24.7 Å². The van der Waals surface area contributed by atoms with E-state index < -0.39 is 5.97 Å². The highest BCUT2D eigenvalue weighted by Crippen LogP contribution is 2.13. The summed E-state index contributed by atoms with van der Waals surface area (Å²) in [5, 5.41) is 8.52. The fourth-order valence-electron chi connectivity index (χ4n) is 2.65. The van der Waals surface area contributed by atoms with E-state index in [1.54, 1.807) is 0 Å². The summed E-state index contributed by atoms with van der Waals surface area (Å²) in [7, 11) is 0. The number of hydrogen-bond acceptors (Lipinski definition) is 3. The van der Waals surface area contributed by atoms with E-state index in [4.69, 9.17) is 5.11 Å². The maximum absolute atomic E-state index is 10.3. The Morgan fingerprint density at radius 2 is 0.880 bits per heavy atom. The van der Waals surface area contributed by atoms with Crippen molar-refractivity contribution >= 4 is 18.4 Å². The van der Waals surface area contributed by atoms with Gasteiger partial charge in [-0.25, -0.2) is 0 Å². The molecule has 0 rings (SSSR count). The first kappa shape index (κ1) is 35.5. The largest absolute Gasteiger partial charge is 0.481 e. The van der Waals surface area contributed by atoms with Gasteiger partial charge in [-0.3, -0.25) is 4.79 Å². The van der Waals surface area contributed by atoms with E-state index >= 15 is 0 Å². The Balaban J connectivity index is -0.000000256. The van der Waals surface area contributed by atoms with Crippen LogP contribution in [-0.2, 0) is 4.79 Å². The molecule has 0 amide bonds. The Morgan fingerprint density at radius 3 is 1.12 bits per heavy atom. The molecule has 0 atom stereocenters. The second kappa shape index (κ2) is 34.7. The summed E-state index contributed by atoms with van der Waals surface area (Å²) >= 11 is 0. The smallest absolute Gasteiger partial charge is 0.303 e. The highest BCUT2D eigenvalue weighted by atomic mass is 35.5. The second-order valence-electron chi connectivity index (χ2n) is 6.09. The van der Waals surface area contributed by atoms with Crippen LogP contribution in [0.5, 0.6) is 0 Å². The minimum atomic E-state index is -0.653. The molecule has 0 radical (unpaired) electrons. The lowest BCUT2D eigenvalue weighted by Gasteiger charge is -2.03. The Kier molecular flexibility index (Phi) is 49.3. The zero-order valence-corrected chi connectivity index (χ0v) is 17.7. The Morgan fingerprint density at radius 1 is 0.640 bits per heavy atom. The average Bonchev–Trinajstić information content (AvgIpc) is 2.53. The number of halogens is 1. The van der Waals surface area contributed by atoms with Crippen LogP contribution in [0.3, 0.4) is 0 Å². The molecule has 0 saturated carbocycles. The van der Waals surface area contributed by atoms with Gasteiger partial charge in [-0.2, -0.15) is 0 Å². The number of carbonyl (C=O) groups is 1. The van der Waals surface area contributed by atoms with Crippen molar-refractivity contribution < 1.29 is 9.90 Å². The van der Waals surface area contributed by atoms with E-state index in [1.807, 2.05) is 0 Å². The zero-order chi connectivity index (χ0) is 16.9. The maximum Gasteiger partial charge on any atom is 0.303 e. The first-order chi connectivity index (χ1) is 10.8. The van der Waals surface area contributed by atoms with E-state index in [0.29, 0.717) is 6.42 Å². The maximum atomic E-state index is 10.3. The van der Waals surface area contributed by atoms with Crippen LogP contribution in [0, 0.1) is 0 Å². The summed E-state index contributed by atoms with van der Waals surface area (Å²) in [4.78, 5) is 10.3. The molecule has 0 aromatic heterocycles. The molecule has 7 N–H and O–H groups in total. The molecule has 0 bridgehead atoms. The van der Waals surface area contributed by atoms with Crippen LogP contribution >= 0.6 is 12.4 Å². The van der Waals surface area contributed by atoms with Crippen molar-refractivity contribution in [3.63, 3.8) is 0 Å². The fraction of sp³-hybridized carbons (Fsp3) is 0.850. The average molecular weight is 383 g/mol. The first-order valence-corrected chi connectivity index (χ1v) is 9.49. The third-order valence-corrected chi connectivity index (χ3v) is 3.99. The molecule has 0 spiro atoms. The van der Waals surface area contributed by atoms with E-state index in [2.05, 4.69) is 20.1 Å². The van der Waals surface area contributed by atoms with Crippen molar-refractivity contribution in [2.45, 2.75) is 110 Å². The van der Waals surface area contributed by atoms with E-state index in [9.17, 15) is 4.79 Å². The molecule has 0 saturated heterocycles. The number of aliphatic carboxylic acids is 1. The van der Waals surface area contributed by atoms with Crippen LogP contribution in [0.1, 0.15) is 110 Å². The van der Waals surface area contributed by atoms with Crippen LogP contribution in [0.25, 0.3) is 0 Å². The quantitative estimate of drug-likeness (QED) is 0.186. The first-order valence-electron chi connectivity index (χ1n) is 9.49. The van der Waals surface area contributed by atoms with Gasteiger partial charge >= 0.3 is 5.97 Å². The fourth-order valence-corrected chi connectivity index (χ4v) is 2.65. The molecule has 0 fully saturated rings. The van der Waals surface area contributed by atoms with E-state index in [0.717, 1.165) is 12.8 Å². The molecule has 25 heavy (non-hydrogen) atoms. The van der Waals surface area contributed by atoms with Gasteiger partial charge in [0.15, 0.2) is 0 Å². The summed E-state index contributed by atoms with van der Waals surface area (Å²) in [6.07, 6.45) is 20.2. The molecule has 0 heterocycles. The van der Waals surface area contributed by atoms with Gasteiger partial charge in [-0.1, -0.05) is 96.8 Å². The molecule has 4 nitrogen and oxygen atoms in total. The van der Waals surface area contributed by atoms with Crippen molar-refractivity contribution in [1.82, 2.24) is 12.3 Å². The zero-order valence-electron chi connectivity index (χ0n) is 16.9. The van der Waals surface area contributed by atoms with Gasteiger partial charge < -0.3 is 17.4 Å². The van der Waals surface area contributed by atoms with Gasteiger partial charge in [0, 0.05) is 6.42 Å². The molecule has 156 valence electrons. The van der Waals surface area contributed by atoms with Gasteiger partial charge in [0.2, 0.25) is 0 Å². The highest BCUT2D eigenvalue weighted by Gasteiger charge is 1.97. The van der Waals surface area contributed by atoms with Crippen molar-refractivity contribution in [2.75, 3.05) is 0 Å². The van der Waals surface area contributed by atoms with Gasteiger partial charge in [0.05, 0.1) is 0 Å². The molecule has 0 aromatic rings. The van der Waals surface area contributed by atoms with Crippen molar-refractivity contribution in [2.24, 2.45) is 0 Å². The van der Waals surface area contributed by atoms with Crippen LogP contribution < -0.4 is 12.3 Å². The lowest BCUT2D eigenvalue weighted by atomic mass is 10.0. The minimum Gasteiger partial charge on any atom is -0.481 e. The molecule has 0 unspecified atom stereocenters.